The summed E-state index contributed by atoms with van der Waals surface area (Å²) in [6.45, 7) is 3.69. The molecule has 0 atom stereocenters. The number of hydrogen-bond acceptors (Lipinski definition) is 3. The zero-order chi connectivity index (χ0) is 11.2. The van der Waals surface area contributed by atoms with E-state index in [1.54, 1.807) is 10.6 Å². The van der Waals surface area contributed by atoms with Crippen molar-refractivity contribution in [3.63, 3.8) is 0 Å². The van der Waals surface area contributed by atoms with Gasteiger partial charge in [0.1, 0.15) is 4.90 Å². The van der Waals surface area contributed by atoms with Crippen LogP contribution in [0.5, 0.6) is 0 Å². The Balaban J connectivity index is 2.92. The summed E-state index contributed by atoms with van der Waals surface area (Å²) in [5.41, 5.74) is 2.06. The van der Waals surface area contributed by atoms with Crippen molar-refractivity contribution < 1.29 is 8.42 Å². The van der Waals surface area contributed by atoms with Crippen LogP contribution >= 0.6 is 10.7 Å². The number of halogens is 1. The summed E-state index contributed by atoms with van der Waals surface area (Å²) >= 11 is 0. The van der Waals surface area contributed by atoms with E-state index in [0.717, 1.165) is 11.4 Å². The van der Waals surface area contributed by atoms with Crippen LogP contribution in [0.15, 0.2) is 23.2 Å². The fourth-order valence-corrected chi connectivity index (χ4v) is 2.51. The van der Waals surface area contributed by atoms with Crippen molar-refractivity contribution in [2.75, 3.05) is 0 Å². The molecule has 4 nitrogen and oxygen atoms in total. The monoisotopic (exact) mass is 244 g/mol. The second-order valence-electron chi connectivity index (χ2n) is 3.35. The summed E-state index contributed by atoms with van der Waals surface area (Å²) in [5, 5.41) is 0. The Bertz CT molecular complexity index is 631. The summed E-state index contributed by atoms with van der Waals surface area (Å²) in [7, 11) is 1.57. The van der Waals surface area contributed by atoms with Crippen molar-refractivity contribution in [1.82, 2.24) is 9.38 Å². The Labute approximate surface area is 91.9 Å². The first kappa shape index (κ1) is 10.4. The van der Waals surface area contributed by atoms with E-state index in [0.29, 0.717) is 5.65 Å². The summed E-state index contributed by atoms with van der Waals surface area (Å²) in [5.74, 6) is 0. The molecular weight excluding hydrogens is 236 g/mol. The molecule has 0 saturated heterocycles. The van der Waals surface area contributed by atoms with Gasteiger partial charge in [0.15, 0.2) is 5.65 Å². The van der Waals surface area contributed by atoms with Crippen molar-refractivity contribution in [2.45, 2.75) is 18.7 Å². The molecule has 0 fully saturated rings. The Hall–Kier alpha value is -1.07. The number of nitrogens with zero attached hydrogens (tertiary/aromatic N) is 2. The molecule has 80 valence electrons. The highest BCUT2D eigenvalue weighted by atomic mass is 35.7. The van der Waals surface area contributed by atoms with E-state index in [9.17, 15) is 8.42 Å². The topological polar surface area (TPSA) is 51.4 Å². The van der Waals surface area contributed by atoms with Gasteiger partial charge in [0.05, 0.1) is 0 Å². The predicted molar refractivity (Wildman–Crippen MR) is 57.7 cm³/mol. The fourth-order valence-electron chi connectivity index (χ4n) is 1.56. The Kier molecular flexibility index (Phi) is 2.24. The highest BCUT2D eigenvalue weighted by Gasteiger charge is 2.17. The SMILES string of the molecule is Cc1cc(C)n2ccc(S(=O)(=O)Cl)c2n1. The molecule has 2 aromatic heterocycles. The molecule has 0 aliphatic heterocycles. The summed E-state index contributed by atoms with van der Waals surface area (Å²) in [4.78, 5) is 4.21. The molecule has 0 aromatic carbocycles. The second-order valence-corrected chi connectivity index (χ2v) is 5.88. The lowest BCUT2D eigenvalue weighted by Crippen LogP contribution is -1.97. The number of aryl methyl sites for hydroxylation is 2. The van der Waals surface area contributed by atoms with Gasteiger partial charge in [-0.15, -0.1) is 0 Å². The largest absolute Gasteiger partial charge is 0.305 e. The molecule has 0 aliphatic rings. The smallest absolute Gasteiger partial charge is 0.265 e. The van der Waals surface area contributed by atoms with E-state index in [1.165, 1.54) is 6.07 Å². The Morgan fingerprint density at radius 3 is 2.67 bits per heavy atom. The van der Waals surface area contributed by atoms with Crippen LogP contribution in [-0.2, 0) is 9.05 Å². The van der Waals surface area contributed by atoms with Crippen LogP contribution in [-0.4, -0.2) is 17.8 Å². The first-order valence-electron chi connectivity index (χ1n) is 4.29. The molecule has 0 radical (unpaired) electrons. The van der Waals surface area contributed by atoms with Crippen LogP contribution in [0.25, 0.3) is 5.65 Å². The van der Waals surface area contributed by atoms with E-state index in [4.69, 9.17) is 10.7 Å². The summed E-state index contributed by atoms with van der Waals surface area (Å²) in [6, 6.07) is 3.33. The van der Waals surface area contributed by atoms with Crippen LogP contribution in [0.3, 0.4) is 0 Å². The van der Waals surface area contributed by atoms with E-state index in [2.05, 4.69) is 4.98 Å². The van der Waals surface area contributed by atoms with Gasteiger partial charge in [-0.2, -0.15) is 0 Å². The molecule has 0 N–H and O–H groups in total. The van der Waals surface area contributed by atoms with Gasteiger partial charge in [-0.25, -0.2) is 13.4 Å². The molecule has 0 saturated carbocycles. The standard InChI is InChI=1S/C9H9ClN2O2S/c1-6-5-7(2)12-4-3-8(9(12)11-6)15(10,13)14/h3-5H,1-2H3. The molecule has 0 bridgehead atoms. The summed E-state index contributed by atoms with van der Waals surface area (Å²) in [6.07, 6.45) is 1.65. The lowest BCUT2D eigenvalue weighted by molar-refractivity contribution is 0.610. The fraction of sp³-hybridized carbons (Fsp3) is 0.222. The van der Waals surface area contributed by atoms with Gasteiger partial charge < -0.3 is 4.40 Å². The third-order valence-corrected chi connectivity index (χ3v) is 3.51. The zero-order valence-corrected chi connectivity index (χ0v) is 9.80. The predicted octanol–water partition coefficient (Wildman–Crippen LogP) is 1.88. The van der Waals surface area contributed by atoms with E-state index in [-0.39, 0.29) is 4.90 Å². The second kappa shape index (κ2) is 3.21. The number of rotatable bonds is 1. The highest BCUT2D eigenvalue weighted by molar-refractivity contribution is 8.13. The maximum atomic E-state index is 11.2. The minimum Gasteiger partial charge on any atom is -0.305 e. The Morgan fingerprint density at radius 1 is 1.40 bits per heavy atom. The number of aromatic nitrogens is 2. The molecule has 0 spiro atoms. The van der Waals surface area contributed by atoms with Gasteiger partial charge in [0, 0.05) is 28.3 Å². The molecular formula is C9H9ClN2O2S. The minimum absolute atomic E-state index is 0.0518. The molecule has 2 aromatic rings. The zero-order valence-electron chi connectivity index (χ0n) is 8.23. The van der Waals surface area contributed by atoms with Crippen LogP contribution < -0.4 is 0 Å². The maximum absolute atomic E-state index is 11.2. The van der Waals surface area contributed by atoms with Crippen molar-refractivity contribution >= 4 is 25.4 Å². The van der Waals surface area contributed by atoms with Crippen LogP contribution in [0.1, 0.15) is 11.4 Å². The van der Waals surface area contributed by atoms with Crippen LogP contribution in [0, 0.1) is 13.8 Å². The van der Waals surface area contributed by atoms with Gasteiger partial charge in [-0.1, -0.05) is 0 Å². The molecule has 2 rings (SSSR count). The number of fused-ring (bicyclic) bond motifs is 1. The average Bonchev–Trinajstić information content (AvgIpc) is 2.45. The normalized spacial score (nSPS) is 12.2. The quantitative estimate of drug-likeness (QED) is 0.720. The van der Waals surface area contributed by atoms with Gasteiger partial charge in [-0.05, 0) is 26.0 Å². The van der Waals surface area contributed by atoms with Crippen LogP contribution in [0.2, 0.25) is 0 Å². The van der Waals surface area contributed by atoms with E-state index < -0.39 is 9.05 Å². The van der Waals surface area contributed by atoms with Crippen molar-refractivity contribution in [3.8, 4) is 0 Å². The van der Waals surface area contributed by atoms with Gasteiger partial charge in [0.25, 0.3) is 9.05 Å². The lowest BCUT2D eigenvalue weighted by atomic mass is 10.3. The molecule has 0 unspecified atom stereocenters. The van der Waals surface area contributed by atoms with E-state index >= 15 is 0 Å². The van der Waals surface area contributed by atoms with Crippen molar-refractivity contribution in [1.29, 1.82) is 0 Å². The molecule has 0 aliphatic carbocycles. The summed E-state index contributed by atoms with van der Waals surface area (Å²) < 4.78 is 24.2. The molecule has 2 heterocycles. The molecule has 0 amide bonds. The van der Waals surface area contributed by atoms with Crippen molar-refractivity contribution in [3.05, 3.63) is 29.7 Å². The molecule has 6 heteroatoms. The third kappa shape index (κ3) is 1.72. The van der Waals surface area contributed by atoms with Crippen molar-refractivity contribution in [2.24, 2.45) is 0 Å². The third-order valence-electron chi connectivity index (χ3n) is 2.17. The van der Waals surface area contributed by atoms with E-state index in [1.807, 2.05) is 19.9 Å². The average molecular weight is 245 g/mol. The van der Waals surface area contributed by atoms with Gasteiger partial charge in [-0.3, -0.25) is 0 Å². The highest BCUT2D eigenvalue weighted by Crippen LogP contribution is 2.22. The lowest BCUT2D eigenvalue weighted by Gasteiger charge is -2.02. The van der Waals surface area contributed by atoms with Gasteiger partial charge >= 0.3 is 0 Å². The first-order chi connectivity index (χ1) is 6.89. The number of hydrogen-bond donors (Lipinski definition) is 0. The minimum atomic E-state index is -3.73. The Morgan fingerprint density at radius 2 is 2.07 bits per heavy atom. The molecule has 15 heavy (non-hydrogen) atoms. The van der Waals surface area contributed by atoms with Gasteiger partial charge in [0.2, 0.25) is 0 Å². The van der Waals surface area contributed by atoms with Crippen LogP contribution in [0.4, 0.5) is 0 Å². The maximum Gasteiger partial charge on any atom is 0.265 e. The first-order valence-corrected chi connectivity index (χ1v) is 6.60.